The molecule has 0 radical (unpaired) electrons. The van der Waals surface area contributed by atoms with Crippen LogP contribution in [0.3, 0.4) is 0 Å². The molecule has 62 heavy (non-hydrogen) atoms. The van der Waals surface area contributed by atoms with Gasteiger partial charge in [0.25, 0.3) is 0 Å². The number of aliphatic carboxylic acids is 3. The molecule has 1 aliphatic heterocycles. The van der Waals surface area contributed by atoms with Crippen LogP contribution in [-0.4, -0.2) is 106 Å². The zero-order valence-corrected chi connectivity index (χ0v) is 36.9. The van der Waals surface area contributed by atoms with E-state index in [1.165, 1.54) is 0 Å². The molecule has 0 bridgehead atoms. The van der Waals surface area contributed by atoms with Gasteiger partial charge in [0.15, 0.2) is 14.4 Å². The molecule has 3 aromatic rings. The van der Waals surface area contributed by atoms with Crippen LogP contribution in [0.4, 0.5) is 4.79 Å². The number of fused-ring (bicyclic) bond motifs is 3. The van der Waals surface area contributed by atoms with Crippen LogP contribution < -0.4 is 14.8 Å². The third-order valence-electron chi connectivity index (χ3n) is 11.8. The Morgan fingerprint density at radius 1 is 0.774 bits per heavy atom. The molecular weight excluding hydrogens is 823 g/mol. The molecule has 17 heteroatoms. The van der Waals surface area contributed by atoms with Gasteiger partial charge in [-0.1, -0.05) is 69.3 Å². The highest BCUT2D eigenvalue weighted by Crippen LogP contribution is 2.45. The summed E-state index contributed by atoms with van der Waals surface area (Å²) in [5, 5.41) is 31.9. The molecule has 1 heterocycles. The number of esters is 1. The maximum Gasteiger partial charge on any atom is 0.407 e. The number of carbonyl (C=O) groups is 5. The monoisotopic (exact) mass is 879 g/mol. The van der Waals surface area contributed by atoms with Gasteiger partial charge in [0.2, 0.25) is 6.29 Å². The van der Waals surface area contributed by atoms with Crippen molar-refractivity contribution in [1.82, 2.24) is 5.32 Å². The minimum absolute atomic E-state index is 0.0641. The first kappa shape index (κ1) is 47.6. The second-order valence-electron chi connectivity index (χ2n) is 16.9. The normalized spacial score (nSPS) is 19.7. The van der Waals surface area contributed by atoms with Gasteiger partial charge in [-0.2, -0.15) is 0 Å². The van der Waals surface area contributed by atoms with Gasteiger partial charge < -0.3 is 53.5 Å². The van der Waals surface area contributed by atoms with Crippen molar-refractivity contribution < 1.29 is 72.1 Å². The fourth-order valence-electron chi connectivity index (χ4n) is 7.62. The molecule has 1 amide bonds. The Morgan fingerprint density at radius 2 is 1.37 bits per heavy atom. The van der Waals surface area contributed by atoms with Gasteiger partial charge >= 0.3 is 30.0 Å². The van der Waals surface area contributed by atoms with E-state index < -0.39 is 87.7 Å². The molecule has 2 aliphatic rings. The molecule has 5 atom stereocenters. The summed E-state index contributed by atoms with van der Waals surface area (Å²) in [6, 6.07) is 21.0. The quantitative estimate of drug-likeness (QED) is 0.0497. The Balaban J connectivity index is 1.23. The number of ether oxygens (including phenoxy) is 6. The van der Waals surface area contributed by atoms with E-state index >= 15 is 0 Å². The topological polar surface area (TPSA) is 223 Å². The van der Waals surface area contributed by atoms with E-state index in [1.807, 2.05) is 24.3 Å². The molecule has 0 saturated carbocycles. The number of rotatable bonds is 21. The van der Waals surface area contributed by atoms with Crippen molar-refractivity contribution >= 4 is 38.3 Å². The van der Waals surface area contributed by atoms with Crippen LogP contribution >= 0.6 is 0 Å². The maximum absolute atomic E-state index is 12.9. The summed E-state index contributed by atoms with van der Waals surface area (Å²) in [7, 11) is -1.14. The Hall–Kier alpha value is -5.49. The number of hydrogen-bond acceptors (Lipinski definition) is 12. The van der Waals surface area contributed by atoms with Crippen LogP contribution in [0.25, 0.3) is 11.1 Å². The molecule has 3 aromatic carbocycles. The van der Waals surface area contributed by atoms with Crippen molar-refractivity contribution in [1.29, 1.82) is 0 Å². The van der Waals surface area contributed by atoms with E-state index in [4.69, 9.17) is 32.8 Å². The van der Waals surface area contributed by atoms with Crippen molar-refractivity contribution in [2.24, 2.45) is 17.8 Å². The van der Waals surface area contributed by atoms with Gasteiger partial charge in [-0.15, -0.1) is 0 Å². The van der Waals surface area contributed by atoms with E-state index in [-0.39, 0.29) is 56.3 Å². The smallest absolute Gasteiger partial charge is 0.407 e. The van der Waals surface area contributed by atoms with Gasteiger partial charge in [0.05, 0.1) is 39.8 Å². The number of amides is 1. The van der Waals surface area contributed by atoms with Crippen LogP contribution in [0.2, 0.25) is 18.1 Å². The lowest BCUT2D eigenvalue weighted by Gasteiger charge is -2.44. The van der Waals surface area contributed by atoms with Crippen LogP contribution in [0, 0.1) is 17.8 Å². The molecule has 336 valence electrons. The van der Waals surface area contributed by atoms with E-state index in [1.54, 1.807) is 18.2 Å². The van der Waals surface area contributed by atoms with Crippen LogP contribution in [0.1, 0.15) is 62.6 Å². The Bertz CT molecular complexity index is 2020. The summed E-state index contributed by atoms with van der Waals surface area (Å²) in [6.07, 6.45) is -5.56. The number of carboxylic acids is 3. The van der Waals surface area contributed by atoms with E-state index in [9.17, 15) is 39.3 Å². The molecule has 1 saturated heterocycles. The largest absolute Gasteiger partial charge is 0.491 e. The standard InChI is InChI=1S/C45H57NO15Si/c1-45(2,3)62(5,6)59-25-27-15-16-28(60-43-35(24-40(51)52)33(22-38(47)48)34(23-39(49)50)41(61-43)42(53)55-4)21-37(27)57-20-19-56-18-17-46-44(54)58-26-36-31-13-9-7-11-29(31)30-12-8-10-14-32(30)36/h7-16,21,33-36,41,43H,17-20,22-26H2,1-6H3,(H,46,54)(H,47,48)(H,49,50)(H,51,52)/t33-,34-,35+,41-,43+/m0/s1. The van der Waals surface area contributed by atoms with Gasteiger partial charge in [-0.3, -0.25) is 14.4 Å². The minimum atomic E-state index is -2.22. The van der Waals surface area contributed by atoms with Crippen LogP contribution in [0.15, 0.2) is 66.7 Å². The molecule has 5 rings (SSSR count). The Kier molecular flexibility index (Phi) is 16.1. The fraction of sp³-hybridized carbons (Fsp3) is 0.489. The van der Waals surface area contributed by atoms with Crippen molar-refractivity contribution in [3.63, 3.8) is 0 Å². The predicted octanol–water partition coefficient (Wildman–Crippen LogP) is 6.69. The van der Waals surface area contributed by atoms with E-state index in [2.05, 4.69) is 63.4 Å². The molecule has 0 unspecified atom stereocenters. The van der Waals surface area contributed by atoms with Crippen molar-refractivity contribution in [3.8, 4) is 22.6 Å². The number of nitrogens with one attached hydrogen (secondary N) is 1. The van der Waals surface area contributed by atoms with Gasteiger partial charge in [0, 0.05) is 42.3 Å². The second-order valence-corrected chi connectivity index (χ2v) is 21.7. The van der Waals surface area contributed by atoms with Crippen LogP contribution in [-0.2, 0) is 49.2 Å². The van der Waals surface area contributed by atoms with Crippen molar-refractivity contribution in [2.75, 3.05) is 40.1 Å². The van der Waals surface area contributed by atoms with Crippen molar-refractivity contribution in [2.45, 2.75) is 83.1 Å². The molecular formula is C45H57NO15Si. The summed E-state index contributed by atoms with van der Waals surface area (Å²) in [5.41, 5.74) is 5.17. The number of carbonyl (C=O) groups excluding carboxylic acids is 2. The van der Waals surface area contributed by atoms with E-state index in [0.29, 0.717) is 11.3 Å². The third kappa shape index (κ3) is 12.1. The molecule has 16 nitrogen and oxygen atoms in total. The maximum atomic E-state index is 12.9. The first-order valence-electron chi connectivity index (χ1n) is 20.5. The van der Waals surface area contributed by atoms with Crippen molar-refractivity contribution in [3.05, 3.63) is 83.4 Å². The highest BCUT2D eigenvalue weighted by Gasteiger charge is 2.52. The SMILES string of the molecule is COC(=O)[C@H]1O[C@@H](Oc2ccc(CO[Si](C)(C)C(C)(C)C)c(OCCOCCNC(=O)OCC3c4ccccc4-c4ccccc43)c2)[C@H](CC(=O)O)[C@@H](CC(=O)O)[C@@H]1CC(=O)O. The highest BCUT2D eigenvalue weighted by molar-refractivity contribution is 6.74. The summed E-state index contributed by atoms with van der Waals surface area (Å²) in [5.74, 6) is -8.02. The molecule has 0 spiro atoms. The van der Waals surface area contributed by atoms with E-state index in [0.717, 1.165) is 29.4 Å². The lowest BCUT2D eigenvalue weighted by molar-refractivity contribution is -0.233. The molecule has 0 aromatic heterocycles. The lowest BCUT2D eigenvalue weighted by atomic mass is 9.71. The number of carboxylic acid groups (broad SMARTS) is 3. The highest BCUT2D eigenvalue weighted by atomic mass is 28.4. The second kappa shape index (κ2) is 21.1. The zero-order valence-electron chi connectivity index (χ0n) is 35.9. The fourth-order valence-corrected chi connectivity index (χ4v) is 8.57. The van der Waals surface area contributed by atoms with Gasteiger partial charge in [-0.05, 0) is 58.4 Å². The first-order valence-corrected chi connectivity index (χ1v) is 23.4. The average Bonchev–Trinajstić information content (AvgIpc) is 3.53. The minimum Gasteiger partial charge on any atom is -0.491 e. The molecule has 1 fully saturated rings. The summed E-state index contributed by atoms with van der Waals surface area (Å²) in [4.78, 5) is 61.5. The summed E-state index contributed by atoms with van der Waals surface area (Å²) >= 11 is 0. The number of methoxy groups -OCH3 is 1. The summed E-state index contributed by atoms with van der Waals surface area (Å²) < 4.78 is 41.0. The van der Waals surface area contributed by atoms with Crippen LogP contribution in [0.5, 0.6) is 11.5 Å². The molecule has 4 N–H and O–H groups in total. The summed E-state index contributed by atoms with van der Waals surface area (Å²) in [6.45, 7) is 11.5. The predicted molar refractivity (Wildman–Crippen MR) is 226 cm³/mol. The van der Waals surface area contributed by atoms with Gasteiger partial charge in [0.1, 0.15) is 24.7 Å². The number of alkyl carbamates (subject to hydrolysis) is 1. The Labute approximate surface area is 361 Å². The number of hydrogen-bond donors (Lipinski definition) is 4. The Morgan fingerprint density at radius 3 is 1.97 bits per heavy atom. The third-order valence-corrected chi connectivity index (χ3v) is 16.3. The van der Waals surface area contributed by atoms with Gasteiger partial charge in [-0.25, -0.2) is 9.59 Å². The number of benzene rings is 3. The lowest BCUT2D eigenvalue weighted by Crippen LogP contribution is -2.54. The molecule has 1 aliphatic carbocycles. The zero-order chi connectivity index (χ0) is 45.2. The first-order chi connectivity index (χ1) is 29.4. The average molecular weight is 880 g/mol.